The van der Waals surface area contributed by atoms with Gasteiger partial charge in [0.2, 0.25) is 5.91 Å². The number of aliphatic hydroxyl groups excluding tert-OH is 1. The van der Waals surface area contributed by atoms with Crippen LogP contribution in [0.2, 0.25) is 0 Å². The van der Waals surface area contributed by atoms with Crippen molar-refractivity contribution in [3.63, 3.8) is 0 Å². The Bertz CT molecular complexity index is 324. The Hall–Kier alpha value is -1.18. The van der Waals surface area contributed by atoms with Gasteiger partial charge in [0.1, 0.15) is 0 Å². The summed E-state index contributed by atoms with van der Waals surface area (Å²) in [4.78, 5) is 24.7. The van der Waals surface area contributed by atoms with Crippen molar-refractivity contribution >= 4 is 11.9 Å². The summed E-state index contributed by atoms with van der Waals surface area (Å²) in [6.07, 6.45) is 0.645. The zero-order valence-corrected chi connectivity index (χ0v) is 12.1. The number of morpholine rings is 1. The van der Waals surface area contributed by atoms with Gasteiger partial charge >= 0.3 is 5.97 Å². The van der Waals surface area contributed by atoms with Crippen LogP contribution in [0.3, 0.4) is 0 Å². The van der Waals surface area contributed by atoms with Crippen molar-refractivity contribution in [2.75, 3.05) is 40.0 Å². The molecule has 2 unspecified atom stereocenters. The molecular formula is C13H24N2O5. The van der Waals surface area contributed by atoms with Crippen LogP contribution in [0.15, 0.2) is 0 Å². The third-order valence-corrected chi connectivity index (χ3v) is 3.29. The number of esters is 1. The molecular weight excluding hydrogens is 264 g/mol. The molecule has 20 heavy (non-hydrogen) atoms. The highest BCUT2D eigenvalue weighted by Crippen LogP contribution is 2.10. The molecule has 116 valence electrons. The van der Waals surface area contributed by atoms with Crippen LogP contribution in [-0.4, -0.2) is 74.0 Å². The van der Waals surface area contributed by atoms with Crippen molar-refractivity contribution in [1.82, 2.24) is 10.2 Å². The first-order chi connectivity index (χ1) is 9.56. The molecule has 0 aromatic carbocycles. The molecule has 1 fully saturated rings. The van der Waals surface area contributed by atoms with Gasteiger partial charge in [0.15, 0.2) is 0 Å². The van der Waals surface area contributed by atoms with E-state index >= 15 is 0 Å². The molecule has 2 N–H and O–H groups in total. The van der Waals surface area contributed by atoms with Gasteiger partial charge in [-0.25, -0.2) is 0 Å². The third-order valence-electron chi connectivity index (χ3n) is 3.29. The lowest BCUT2D eigenvalue weighted by atomic mass is 10.2. The fraction of sp³-hybridized carbons (Fsp3) is 0.846. The van der Waals surface area contributed by atoms with E-state index in [9.17, 15) is 9.59 Å². The summed E-state index contributed by atoms with van der Waals surface area (Å²) >= 11 is 0. The van der Waals surface area contributed by atoms with Crippen LogP contribution in [0, 0.1) is 0 Å². The maximum Gasteiger partial charge on any atom is 0.305 e. The number of hydrogen-bond acceptors (Lipinski definition) is 6. The van der Waals surface area contributed by atoms with Crippen molar-refractivity contribution in [2.24, 2.45) is 0 Å². The molecule has 1 rings (SSSR count). The maximum atomic E-state index is 11.8. The Kier molecular flexibility index (Phi) is 7.50. The highest BCUT2D eigenvalue weighted by molar-refractivity contribution is 5.78. The maximum absolute atomic E-state index is 11.8. The van der Waals surface area contributed by atoms with Gasteiger partial charge in [-0.2, -0.15) is 0 Å². The molecule has 7 nitrogen and oxygen atoms in total. The molecule has 0 radical (unpaired) electrons. The normalized spacial score (nSPS) is 23.4. The van der Waals surface area contributed by atoms with E-state index in [0.29, 0.717) is 32.5 Å². The molecule has 1 heterocycles. The van der Waals surface area contributed by atoms with E-state index in [1.165, 1.54) is 7.11 Å². The second kappa shape index (κ2) is 8.89. The number of ether oxygens (including phenoxy) is 2. The molecule has 1 aliphatic rings. The van der Waals surface area contributed by atoms with Gasteiger partial charge in [0, 0.05) is 25.6 Å². The van der Waals surface area contributed by atoms with Crippen molar-refractivity contribution in [1.29, 1.82) is 0 Å². The highest BCUT2D eigenvalue weighted by atomic mass is 16.5. The average Bonchev–Trinajstić information content (AvgIpc) is 2.45. The van der Waals surface area contributed by atoms with E-state index in [4.69, 9.17) is 9.84 Å². The van der Waals surface area contributed by atoms with Crippen molar-refractivity contribution < 1.29 is 24.2 Å². The number of rotatable bonds is 7. The lowest BCUT2D eigenvalue weighted by Crippen LogP contribution is -2.52. The molecule has 7 heteroatoms. The van der Waals surface area contributed by atoms with Crippen LogP contribution in [0.5, 0.6) is 0 Å². The van der Waals surface area contributed by atoms with Gasteiger partial charge in [-0.15, -0.1) is 0 Å². The molecule has 1 aliphatic heterocycles. The van der Waals surface area contributed by atoms with Crippen LogP contribution in [-0.2, 0) is 19.1 Å². The highest BCUT2D eigenvalue weighted by Gasteiger charge is 2.26. The number of aliphatic hydroxyl groups is 1. The van der Waals surface area contributed by atoms with E-state index in [-0.39, 0.29) is 37.2 Å². The zero-order chi connectivity index (χ0) is 15.0. The molecule has 0 bridgehead atoms. The largest absolute Gasteiger partial charge is 0.469 e. The second-order valence-corrected chi connectivity index (χ2v) is 4.95. The minimum atomic E-state index is -0.271. The first kappa shape index (κ1) is 16.9. The molecule has 0 spiro atoms. The van der Waals surface area contributed by atoms with E-state index in [1.807, 2.05) is 11.8 Å². The van der Waals surface area contributed by atoms with E-state index in [1.54, 1.807) is 0 Å². The number of nitrogens with zero attached hydrogens (tertiary/aromatic N) is 1. The number of amides is 1. The summed E-state index contributed by atoms with van der Waals surface area (Å²) in [6.45, 7) is 3.74. The number of carbonyl (C=O) groups is 2. The Morgan fingerprint density at radius 2 is 2.25 bits per heavy atom. The summed E-state index contributed by atoms with van der Waals surface area (Å²) in [5.74, 6) is -0.354. The Morgan fingerprint density at radius 1 is 1.50 bits per heavy atom. The first-order valence-corrected chi connectivity index (χ1v) is 6.86. The first-order valence-electron chi connectivity index (χ1n) is 6.86. The third kappa shape index (κ3) is 5.85. The van der Waals surface area contributed by atoms with Crippen molar-refractivity contribution in [3.05, 3.63) is 0 Å². The van der Waals surface area contributed by atoms with Crippen LogP contribution in [0.25, 0.3) is 0 Å². The summed E-state index contributed by atoms with van der Waals surface area (Å²) < 4.78 is 9.93. The zero-order valence-electron chi connectivity index (χ0n) is 12.1. The van der Waals surface area contributed by atoms with E-state index in [0.717, 1.165) is 0 Å². The lowest BCUT2D eigenvalue weighted by Gasteiger charge is -2.36. The molecule has 0 aliphatic carbocycles. The Labute approximate surface area is 119 Å². The van der Waals surface area contributed by atoms with Gasteiger partial charge in [0.05, 0.1) is 33.0 Å². The summed E-state index contributed by atoms with van der Waals surface area (Å²) in [5.41, 5.74) is 0. The fourth-order valence-corrected chi connectivity index (χ4v) is 2.01. The molecule has 0 saturated carbocycles. The summed E-state index contributed by atoms with van der Waals surface area (Å²) in [7, 11) is 1.35. The molecule has 1 amide bonds. The predicted octanol–water partition coefficient (Wildman–Crippen LogP) is -0.863. The van der Waals surface area contributed by atoms with Crippen LogP contribution >= 0.6 is 0 Å². The van der Waals surface area contributed by atoms with Crippen LogP contribution in [0.4, 0.5) is 0 Å². The molecule has 1 saturated heterocycles. The van der Waals surface area contributed by atoms with Crippen molar-refractivity contribution in [2.45, 2.75) is 31.9 Å². The van der Waals surface area contributed by atoms with Crippen molar-refractivity contribution in [3.8, 4) is 0 Å². The van der Waals surface area contributed by atoms with Crippen LogP contribution < -0.4 is 5.32 Å². The number of nitrogens with one attached hydrogen (secondary N) is 1. The number of methoxy groups -OCH3 is 1. The van der Waals surface area contributed by atoms with Crippen LogP contribution in [0.1, 0.15) is 19.8 Å². The van der Waals surface area contributed by atoms with Gasteiger partial charge in [-0.05, 0) is 13.3 Å². The molecule has 0 aromatic rings. The SMILES string of the molecule is COC(=O)CCCNC(=O)CN1CC(CO)OCC1C. The van der Waals surface area contributed by atoms with Gasteiger partial charge < -0.3 is 19.9 Å². The monoisotopic (exact) mass is 288 g/mol. The Balaban J connectivity index is 2.22. The topological polar surface area (TPSA) is 88.1 Å². The average molecular weight is 288 g/mol. The summed E-state index contributed by atoms with van der Waals surface area (Å²) in [6, 6.07) is 0.151. The van der Waals surface area contributed by atoms with Gasteiger partial charge in [0.25, 0.3) is 0 Å². The minimum absolute atomic E-state index is 0.0377. The second-order valence-electron chi connectivity index (χ2n) is 4.95. The fourth-order valence-electron chi connectivity index (χ4n) is 2.01. The minimum Gasteiger partial charge on any atom is -0.469 e. The Morgan fingerprint density at radius 3 is 2.90 bits per heavy atom. The summed E-state index contributed by atoms with van der Waals surface area (Å²) in [5, 5.41) is 11.9. The predicted molar refractivity (Wildman–Crippen MR) is 72.1 cm³/mol. The number of hydrogen-bond donors (Lipinski definition) is 2. The van der Waals surface area contributed by atoms with E-state index in [2.05, 4.69) is 10.1 Å². The number of carbonyl (C=O) groups excluding carboxylic acids is 2. The lowest BCUT2D eigenvalue weighted by molar-refractivity contribution is -0.140. The quantitative estimate of drug-likeness (QED) is 0.468. The van der Waals surface area contributed by atoms with Gasteiger partial charge in [-0.3, -0.25) is 14.5 Å². The van der Waals surface area contributed by atoms with Gasteiger partial charge in [-0.1, -0.05) is 0 Å². The van der Waals surface area contributed by atoms with E-state index < -0.39 is 0 Å². The standard InChI is InChI=1S/C13H24N2O5/c1-10-9-20-11(8-16)6-15(10)7-12(17)14-5-3-4-13(18)19-2/h10-11,16H,3-9H2,1-2H3,(H,14,17). The molecule has 0 aromatic heterocycles. The smallest absolute Gasteiger partial charge is 0.305 e. The molecule has 2 atom stereocenters.